The lowest BCUT2D eigenvalue weighted by Crippen LogP contribution is -2.24. The number of aryl methyl sites for hydroxylation is 2. The fourth-order valence-corrected chi connectivity index (χ4v) is 9.73. The molecule has 9 aromatic carbocycles. The van der Waals surface area contributed by atoms with Gasteiger partial charge >= 0.3 is 0 Å². The molecule has 2 nitrogen and oxygen atoms in total. The van der Waals surface area contributed by atoms with Crippen LogP contribution in [0, 0.1) is 0 Å². The van der Waals surface area contributed by atoms with Crippen LogP contribution in [0.25, 0.3) is 65.7 Å². The van der Waals surface area contributed by atoms with E-state index in [1.54, 1.807) is 0 Å². The summed E-state index contributed by atoms with van der Waals surface area (Å²) < 4.78 is 0. The van der Waals surface area contributed by atoms with Crippen LogP contribution in [0.2, 0.25) is 0 Å². The van der Waals surface area contributed by atoms with E-state index in [-0.39, 0.29) is 0 Å². The van der Waals surface area contributed by atoms with Crippen LogP contribution in [0.3, 0.4) is 0 Å². The van der Waals surface area contributed by atoms with Crippen LogP contribution in [-0.4, -0.2) is 13.1 Å². The number of benzene rings is 9. The molecule has 56 heavy (non-hydrogen) atoms. The summed E-state index contributed by atoms with van der Waals surface area (Å²) in [6.45, 7) is 2.01. The zero-order valence-corrected chi connectivity index (χ0v) is 31.5. The highest BCUT2D eigenvalue weighted by atomic mass is 15.1. The highest BCUT2D eigenvalue weighted by molar-refractivity contribution is 6.26. The first-order valence-corrected chi connectivity index (χ1v) is 20.2. The van der Waals surface area contributed by atoms with Gasteiger partial charge in [-0.25, -0.2) is 0 Å². The van der Waals surface area contributed by atoms with Crippen molar-refractivity contribution in [2.24, 2.45) is 0 Å². The van der Waals surface area contributed by atoms with Gasteiger partial charge in [-0.05, 0) is 139 Å². The first-order chi connectivity index (χ1) is 27.8. The molecule has 0 radical (unpaired) electrons. The largest absolute Gasteiger partial charge is 0.341 e. The molecule has 11 rings (SSSR count). The van der Waals surface area contributed by atoms with Crippen LogP contribution in [-0.2, 0) is 12.8 Å². The van der Waals surface area contributed by atoms with Crippen molar-refractivity contribution >= 4 is 55.1 Å². The van der Waals surface area contributed by atoms with Crippen molar-refractivity contribution in [1.29, 1.82) is 0 Å². The highest BCUT2D eigenvalue weighted by Gasteiger charge is 2.25. The number of rotatable bonds is 5. The van der Waals surface area contributed by atoms with Gasteiger partial charge in [0.15, 0.2) is 0 Å². The van der Waals surface area contributed by atoms with E-state index in [2.05, 4.69) is 192 Å². The Kier molecular flexibility index (Phi) is 7.95. The maximum absolute atomic E-state index is 2.55. The fourth-order valence-electron chi connectivity index (χ4n) is 9.73. The molecule has 0 unspecified atom stereocenters. The highest BCUT2D eigenvalue weighted by Crippen LogP contribution is 2.51. The molecule has 0 amide bonds. The molecular formula is C54H42N2. The van der Waals surface area contributed by atoms with E-state index < -0.39 is 0 Å². The number of fused-ring (bicyclic) bond motifs is 5. The molecule has 0 bridgehead atoms. The quantitative estimate of drug-likeness (QED) is 0.164. The molecule has 0 spiro atoms. The third kappa shape index (κ3) is 5.39. The summed E-state index contributed by atoms with van der Waals surface area (Å²) in [7, 11) is 0. The van der Waals surface area contributed by atoms with Crippen LogP contribution in [0.1, 0.15) is 24.0 Å². The van der Waals surface area contributed by atoms with Crippen molar-refractivity contribution in [1.82, 2.24) is 0 Å². The first-order valence-electron chi connectivity index (χ1n) is 20.2. The molecule has 0 atom stereocenters. The van der Waals surface area contributed by atoms with Gasteiger partial charge < -0.3 is 9.80 Å². The van der Waals surface area contributed by atoms with Crippen LogP contribution in [0.5, 0.6) is 0 Å². The number of anilines is 4. The maximum atomic E-state index is 2.55. The van der Waals surface area contributed by atoms with Crippen molar-refractivity contribution in [2.45, 2.75) is 25.7 Å². The Morgan fingerprint density at radius 1 is 0.339 bits per heavy atom. The smallest absolute Gasteiger partial charge is 0.0443 e. The molecule has 0 saturated carbocycles. The summed E-state index contributed by atoms with van der Waals surface area (Å²) in [6.07, 6.45) is 4.52. The summed E-state index contributed by atoms with van der Waals surface area (Å²) in [5.41, 5.74) is 15.6. The third-order valence-electron chi connectivity index (χ3n) is 12.3. The van der Waals surface area contributed by atoms with Crippen molar-refractivity contribution in [3.05, 3.63) is 193 Å². The summed E-state index contributed by atoms with van der Waals surface area (Å²) in [4.78, 5) is 5.09. The molecule has 268 valence electrons. The number of para-hydroxylation sites is 2. The van der Waals surface area contributed by atoms with Gasteiger partial charge in [-0.2, -0.15) is 0 Å². The summed E-state index contributed by atoms with van der Waals surface area (Å²) in [5.74, 6) is 0. The van der Waals surface area contributed by atoms with E-state index >= 15 is 0 Å². The van der Waals surface area contributed by atoms with Crippen LogP contribution < -0.4 is 9.80 Å². The molecular weight excluding hydrogens is 677 g/mol. The summed E-state index contributed by atoms with van der Waals surface area (Å²) >= 11 is 0. The Balaban J connectivity index is 1.28. The molecule has 2 heteroatoms. The van der Waals surface area contributed by atoms with Gasteiger partial charge in [0.05, 0.1) is 0 Å². The predicted molar refractivity (Wildman–Crippen MR) is 239 cm³/mol. The lowest BCUT2D eigenvalue weighted by Gasteiger charge is -2.33. The fraction of sp³-hybridized carbons (Fsp3) is 0.111. The normalized spacial score (nSPS) is 13.9. The van der Waals surface area contributed by atoms with Crippen molar-refractivity contribution < 1.29 is 0 Å². The van der Waals surface area contributed by atoms with Gasteiger partial charge in [0.2, 0.25) is 0 Å². The van der Waals surface area contributed by atoms with Gasteiger partial charge in [0, 0.05) is 35.8 Å². The second kappa shape index (κ2) is 13.6. The van der Waals surface area contributed by atoms with Gasteiger partial charge in [0.1, 0.15) is 0 Å². The SMILES string of the molecule is c1ccc(-c2ccc3ccccc3c2-c2c3ccc(N4CCCc5ccccc54)cc3c(-c3ccccc3)c3ccc(N4CCCc5ccccc54)cc23)cc1. The minimum atomic E-state index is 1.00. The van der Waals surface area contributed by atoms with E-state index in [4.69, 9.17) is 0 Å². The molecule has 0 saturated heterocycles. The molecule has 2 aliphatic heterocycles. The minimum absolute atomic E-state index is 1.00. The van der Waals surface area contributed by atoms with Gasteiger partial charge in [-0.1, -0.05) is 146 Å². The topological polar surface area (TPSA) is 6.48 Å². The second-order valence-electron chi connectivity index (χ2n) is 15.4. The van der Waals surface area contributed by atoms with E-state index in [0.29, 0.717) is 0 Å². The molecule has 0 aromatic heterocycles. The van der Waals surface area contributed by atoms with E-state index in [9.17, 15) is 0 Å². The lowest BCUT2D eigenvalue weighted by atomic mass is 9.81. The van der Waals surface area contributed by atoms with E-state index in [1.165, 1.54) is 99.6 Å². The Labute approximate surface area is 328 Å². The Bertz CT molecular complexity index is 2930. The van der Waals surface area contributed by atoms with Gasteiger partial charge in [-0.3, -0.25) is 0 Å². The number of hydrogen-bond donors (Lipinski definition) is 0. The average Bonchev–Trinajstić information content (AvgIpc) is 3.28. The van der Waals surface area contributed by atoms with Crippen LogP contribution in [0.4, 0.5) is 22.7 Å². The second-order valence-corrected chi connectivity index (χ2v) is 15.4. The van der Waals surface area contributed by atoms with Crippen LogP contribution >= 0.6 is 0 Å². The summed E-state index contributed by atoms with van der Waals surface area (Å²) in [6, 6.07) is 68.2. The molecule has 0 fully saturated rings. The minimum Gasteiger partial charge on any atom is -0.341 e. The van der Waals surface area contributed by atoms with E-state index in [0.717, 1.165) is 38.8 Å². The standard InChI is InChI=1S/C54H42N2/c1-3-15-37(16-4-1)45-30-27-38-17-7-10-24-44(38)53(45)54-47-32-29-42(55-33-13-22-39-18-8-11-25-50(39)55)35-48(47)52(41-20-5-2-6-21-41)46-31-28-43(36-49(46)54)56-34-14-23-40-19-9-12-26-51(40)56/h1-12,15-21,24-32,35-36H,13-14,22-23,33-34H2. The van der Waals surface area contributed by atoms with Gasteiger partial charge in [-0.15, -0.1) is 0 Å². The predicted octanol–water partition coefficient (Wildman–Crippen LogP) is 14.3. The maximum Gasteiger partial charge on any atom is 0.0443 e. The van der Waals surface area contributed by atoms with Crippen molar-refractivity contribution in [3.8, 4) is 33.4 Å². The number of hydrogen-bond acceptors (Lipinski definition) is 2. The molecule has 2 aliphatic rings. The zero-order chi connectivity index (χ0) is 37.0. The van der Waals surface area contributed by atoms with Gasteiger partial charge in [0.25, 0.3) is 0 Å². The van der Waals surface area contributed by atoms with Crippen molar-refractivity contribution in [2.75, 3.05) is 22.9 Å². The molecule has 0 aliphatic carbocycles. The average molecular weight is 719 g/mol. The molecule has 2 heterocycles. The molecule has 0 N–H and O–H groups in total. The first kappa shape index (κ1) is 32.8. The summed E-state index contributed by atoms with van der Waals surface area (Å²) in [5, 5.41) is 7.62. The third-order valence-corrected chi connectivity index (χ3v) is 12.3. The van der Waals surface area contributed by atoms with Crippen molar-refractivity contribution in [3.63, 3.8) is 0 Å². The number of nitrogens with zero attached hydrogens (tertiary/aromatic N) is 2. The Hall–Kier alpha value is -6.64. The Morgan fingerprint density at radius 2 is 0.857 bits per heavy atom. The zero-order valence-electron chi connectivity index (χ0n) is 31.5. The van der Waals surface area contributed by atoms with E-state index in [1.807, 2.05) is 0 Å². The lowest BCUT2D eigenvalue weighted by molar-refractivity contribution is 0.767. The molecule has 9 aromatic rings. The Morgan fingerprint density at radius 3 is 1.50 bits per heavy atom. The monoisotopic (exact) mass is 718 g/mol. The van der Waals surface area contributed by atoms with Crippen LogP contribution in [0.15, 0.2) is 182 Å².